The monoisotopic (exact) mass is 430 g/mol. The van der Waals surface area contributed by atoms with Gasteiger partial charge in [0, 0.05) is 23.7 Å². The minimum atomic E-state index is -1.34. The Kier molecular flexibility index (Phi) is 5.78. The van der Waals surface area contributed by atoms with Gasteiger partial charge in [-0.3, -0.25) is 4.21 Å². The quantitative estimate of drug-likeness (QED) is 0.578. The number of anilines is 1. The van der Waals surface area contributed by atoms with Crippen molar-refractivity contribution >= 4 is 39.8 Å². The van der Waals surface area contributed by atoms with E-state index >= 15 is 0 Å². The first-order valence-electron chi connectivity index (χ1n) is 7.69. The number of hydrogen-bond donors (Lipinski definition) is 2. The van der Waals surface area contributed by atoms with Crippen molar-refractivity contribution in [2.75, 3.05) is 11.6 Å². The van der Waals surface area contributed by atoms with Crippen molar-refractivity contribution in [2.24, 2.45) is 0 Å². The fraction of sp³-hybridized carbons (Fsp3) is 0.176. The number of aromatic amines is 1. The van der Waals surface area contributed by atoms with Gasteiger partial charge in [0.25, 0.3) is 0 Å². The Labute approximate surface area is 166 Å². The van der Waals surface area contributed by atoms with Crippen molar-refractivity contribution < 1.29 is 13.0 Å². The number of halogens is 4. The summed E-state index contributed by atoms with van der Waals surface area (Å²) in [5.74, 6) is -1.11. The number of hydrogen-bond acceptors (Lipinski definition) is 4. The molecule has 0 bridgehead atoms. The number of imidazole rings is 1. The molecule has 1 aromatic carbocycles. The summed E-state index contributed by atoms with van der Waals surface area (Å²) >= 11 is 11.6. The van der Waals surface area contributed by atoms with Crippen molar-refractivity contribution in [3.05, 3.63) is 69.2 Å². The lowest BCUT2D eigenvalue weighted by atomic mass is 10.1. The van der Waals surface area contributed by atoms with Crippen LogP contribution in [0.3, 0.4) is 0 Å². The van der Waals surface area contributed by atoms with E-state index < -0.39 is 33.5 Å². The van der Waals surface area contributed by atoms with Gasteiger partial charge in [0.15, 0.2) is 5.82 Å². The second-order valence-corrected chi connectivity index (χ2v) is 7.82. The molecule has 2 aromatic heterocycles. The molecule has 0 saturated carbocycles. The molecule has 0 saturated heterocycles. The van der Waals surface area contributed by atoms with Gasteiger partial charge in [-0.05, 0) is 25.1 Å². The van der Waals surface area contributed by atoms with Crippen LogP contribution in [0.25, 0.3) is 0 Å². The van der Waals surface area contributed by atoms with Gasteiger partial charge in [-0.15, -0.1) is 0 Å². The Balaban J connectivity index is 2.11. The summed E-state index contributed by atoms with van der Waals surface area (Å²) in [6, 6.07) is 4.67. The fourth-order valence-corrected chi connectivity index (χ4v) is 3.54. The largest absolute Gasteiger partial charge is 0.356 e. The van der Waals surface area contributed by atoms with Crippen LogP contribution in [-0.4, -0.2) is 25.4 Å². The maximum atomic E-state index is 14.7. The summed E-state index contributed by atoms with van der Waals surface area (Å²) in [5.41, 5.74) is 0.635. The molecule has 0 aliphatic carbocycles. The van der Waals surface area contributed by atoms with Crippen LogP contribution in [0.1, 0.15) is 23.1 Å². The van der Waals surface area contributed by atoms with Gasteiger partial charge in [0.2, 0.25) is 0 Å². The van der Waals surface area contributed by atoms with E-state index in [1.807, 2.05) is 0 Å². The van der Waals surface area contributed by atoms with E-state index in [1.165, 1.54) is 18.5 Å². The first-order valence-corrected chi connectivity index (χ1v) is 10.0. The van der Waals surface area contributed by atoms with Crippen LogP contribution in [0.2, 0.25) is 10.0 Å². The number of benzene rings is 1. The normalized spacial score (nSPS) is 13.4. The van der Waals surface area contributed by atoms with Crippen molar-refractivity contribution in [1.29, 1.82) is 0 Å². The van der Waals surface area contributed by atoms with Gasteiger partial charge in [-0.2, -0.15) is 0 Å². The number of aromatic nitrogens is 3. The highest BCUT2D eigenvalue weighted by Gasteiger charge is 2.26. The molecule has 27 heavy (non-hydrogen) atoms. The molecule has 0 aliphatic rings. The van der Waals surface area contributed by atoms with Gasteiger partial charge in [-0.1, -0.05) is 29.3 Å². The number of aryl methyl sites for hydroxylation is 1. The van der Waals surface area contributed by atoms with Crippen LogP contribution in [-0.2, 0) is 10.8 Å². The summed E-state index contributed by atoms with van der Waals surface area (Å²) < 4.78 is 40.1. The Bertz CT molecular complexity index is 1010. The van der Waals surface area contributed by atoms with Crippen molar-refractivity contribution in [1.82, 2.24) is 15.0 Å². The smallest absolute Gasteiger partial charge is 0.150 e. The lowest BCUT2D eigenvalue weighted by Gasteiger charge is -2.19. The molecule has 10 heteroatoms. The van der Waals surface area contributed by atoms with Crippen molar-refractivity contribution in [3.8, 4) is 0 Å². The van der Waals surface area contributed by atoms with E-state index in [0.29, 0.717) is 21.6 Å². The number of nitrogens with one attached hydrogen (secondary N) is 2. The van der Waals surface area contributed by atoms with E-state index in [0.717, 1.165) is 6.07 Å². The summed E-state index contributed by atoms with van der Waals surface area (Å²) in [7, 11) is -1.34. The Hall–Kier alpha value is -2.03. The number of nitrogens with zero attached hydrogens (tertiary/aromatic N) is 2. The third kappa shape index (κ3) is 4.12. The molecule has 2 N–H and O–H groups in total. The zero-order valence-electron chi connectivity index (χ0n) is 14.2. The molecule has 2 atom stereocenters. The maximum Gasteiger partial charge on any atom is 0.150 e. The maximum absolute atomic E-state index is 14.7. The zero-order valence-corrected chi connectivity index (χ0v) is 16.5. The third-order valence-corrected chi connectivity index (χ3v) is 5.31. The third-order valence-electron chi connectivity index (χ3n) is 3.80. The molecule has 0 amide bonds. The molecule has 0 fully saturated rings. The predicted octanol–water partition coefficient (Wildman–Crippen LogP) is 4.64. The van der Waals surface area contributed by atoms with Crippen LogP contribution >= 0.6 is 23.2 Å². The van der Waals surface area contributed by atoms with Crippen molar-refractivity contribution in [2.45, 2.75) is 18.0 Å². The molecule has 0 radical (unpaired) electrons. The predicted molar refractivity (Wildman–Crippen MR) is 102 cm³/mol. The highest BCUT2D eigenvalue weighted by molar-refractivity contribution is 7.84. The number of H-pyrrole nitrogens is 1. The molecule has 3 rings (SSSR count). The molecular formula is C17H14Cl2F2N4OS. The zero-order chi connectivity index (χ0) is 19.7. The lowest BCUT2D eigenvalue weighted by molar-refractivity contribution is 0.567. The van der Waals surface area contributed by atoms with Crippen LogP contribution < -0.4 is 5.32 Å². The average molecular weight is 431 g/mol. The molecule has 5 nitrogen and oxygen atoms in total. The molecule has 2 heterocycles. The average Bonchev–Trinajstić information content (AvgIpc) is 3.02. The highest BCUT2D eigenvalue weighted by Crippen LogP contribution is 2.32. The minimum absolute atomic E-state index is 0.0559. The van der Waals surface area contributed by atoms with Crippen LogP contribution in [0, 0.1) is 18.6 Å². The van der Waals surface area contributed by atoms with Gasteiger partial charge in [0.05, 0.1) is 15.8 Å². The summed E-state index contributed by atoms with van der Waals surface area (Å²) in [4.78, 5) is 11.4. The SMILES string of the molecule is Cc1[nH]c([C@H](Nc2ccc(Cl)cn2)c2ccc(F)c(Cl)c2F)nc1[S@](C)=O. The number of rotatable bonds is 5. The second-order valence-electron chi connectivity index (χ2n) is 5.71. The second kappa shape index (κ2) is 7.92. The van der Waals surface area contributed by atoms with Crippen molar-refractivity contribution in [3.63, 3.8) is 0 Å². The standard InChI is InChI=1S/C17H14Cl2F2N4OS/c1-8-17(27(2)26)25-16(23-8)15(24-12-6-3-9(18)7-22-12)10-4-5-11(20)13(19)14(10)21/h3-7,15H,1-2H3,(H,22,24)(H,23,25)/t15-,27+/m1/s1. The summed E-state index contributed by atoms with van der Waals surface area (Å²) in [6.45, 7) is 1.71. The van der Waals surface area contributed by atoms with Gasteiger partial charge >= 0.3 is 0 Å². The Morgan fingerprint density at radius 3 is 2.56 bits per heavy atom. The molecular weight excluding hydrogens is 417 g/mol. The van der Waals surface area contributed by atoms with Crippen LogP contribution in [0.15, 0.2) is 35.5 Å². The number of pyridine rings is 1. The van der Waals surface area contributed by atoms with Gasteiger partial charge < -0.3 is 10.3 Å². The molecule has 0 aliphatic heterocycles. The molecule has 0 unspecified atom stereocenters. The van der Waals surface area contributed by atoms with E-state index in [9.17, 15) is 13.0 Å². The van der Waals surface area contributed by atoms with Gasteiger partial charge in [0.1, 0.15) is 33.5 Å². The van der Waals surface area contributed by atoms with Crippen LogP contribution in [0.5, 0.6) is 0 Å². The topological polar surface area (TPSA) is 70.7 Å². The first kappa shape index (κ1) is 19.7. The van der Waals surface area contributed by atoms with Gasteiger partial charge in [-0.25, -0.2) is 18.7 Å². The lowest BCUT2D eigenvalue weighted by Crippen LogP contribution is -2.17. The highest BCUT2D eigenvalue weighted by atomic mass is 35.5. The fourth-order valence-electron chi connectivity index (χ4n) is 2.55. The molecule has 142 valence electrons. The summed E-state index contributed by atoms with van der Waals surface area (Å²) in [5, 5.41) is 3.18. The minimum Gasteiger partial charge on any atom is -0.356 e. The van der Waals surface area contributed by atoms with Crippen LogP contribution in [0.4, 0.5) is 14.6 Å². The molecule has 0 spiro atoms. The Morgan fingerprint density at radius 2 is 1.96 bits per heavy atom. The van der Waals surface area contributed by atoms with E-state index in [4.69, 9.17) is 23.2 Å². The Morgan fingerprint density at radius 1 is 1.22 bits per heavy atom. The first-order chi connectivity index (χ1) is 12.8. The van der Waals surface area contributed by atoms with E-state index in [-0.39, 0.29) is 11.4 Å². The summed E-state index contributed by atoms with van der Waals surface area (Å²) in [6.07, 6.45) is 2.92. The van der Waals surface area contributed by atoms with E-state index in [2.05, 4.69) is 20.3 Å². The van der Waals surface area contributed by atoms with E-state index in [1.54, 1.807) is 19.1 Å². The molecule has 3 aromatic rings.